The van der Waals surface area contributed by atoms with Crippen LogP contribution in [0.25, 0.3) is 10.3 Å². The molecule has 3 heterocycles. The van der Waals surface area contributed by atoms with Crippen LogP contribution < -0.4 is 15.5 Å². The molecule has 0 atom stereocenters. The number of carbonyl (C=O) groups excluding carboxylic acids is 2. The van der Waals surface area contributed by atoms with Crippen LogP contribution in [0.3, 0.4) is 0 Å². The van der Waals surface area contributed by atoms with Crippen LogP contribution in [-0.4, -0.2) is 58.8 Å². The summed E-state index contributed by atoms with van der Waals surface area (Å²) in [7, 11) is 0. The lowest BCUT2D eigenvalue weighted by Crippen LogP contribution is -2.36. The molecule has 9 nitrogen and oxygen atoms in total. The van der Waals surface area contributed by atoms with Crippen LogP contribution >= 0.6 is 23.1 Å². The highest BCUT2D eigenvalue weighted by atomic mass is 32.2. The molecule has 4 rings (SSSR count). The zero-order valence-corrected chi connectivity index (χ0v) is 17.9. The fraction of sp³-hybridized carbons (Fsp3) is 0.316. The number of hydrogen-bond acceptors (Lipinski definition) is 9. The summed E-state index contributed by atoms with van der Waals surface area (Å²) in [5, 5.41) is 7.18. The van der Waals surface area contributed by atoms with Gasteiger partial charge in [-0.2, -0.15) is 4.98 Å². The number of aromatic nitrogens is 3. The lowest BCUT2D eigenvalue weighted by atomic mass is 10.3. The standard InChI is InChI=1S/C19H20N6O3S2/c1-12(26)22-13-2-4-14(5-3-13)23-15(27)10-29-18-16-17(20-11-21-18)24-19(30-16)25-6-8-28-9-7-25/h2-5,11H,6-10H2,1H3,(H,22,26)(H,23,27). The average Bonchev–Trinajstić information content (AvgIpc) is 3.19. The van der Waals surface area contributed by atoms with Crippen LogP contribution in [0.4, 0.5) is 16.5 Å². The average molecular weight is 445 g/mol. The Morgan fingerprint density at radius 1 is 1.13 bits per heavy atom. The molecular formula is C19H20N6O3S2. The fourth-order valence-electron chi connectivity index (χ4n) is 2.89. The van der Waals surface area contributed by atoms with Crippen LogP contribution in [0.5, 0.6) is 0 Å². The Morgan fingerprint density at radius 3 is 2.53 bits per heavy atom. The Bertz CT molecular complexity index is 1050. The molecule has 0 radical (unpaired) electrons. The molecule has 1 aromatic carbocycles. The van der Waals surface area contributed by atoms with Crippen LogP contribution in [0.2, 0.25) is 0 Å². The van der Waals surface area contributed by atoms with Crippen molar-refractivity contribution >= 4 is 61.8 Å². The number of benzene rings is 1. The minimum absolute atomic E-state index is 0.140. The molecule has 0 saturated carbocycles. The minimum atomic E-state index is -0.142. The van der Waals surface area contributed by atoms with E-state index in [2.05, 4.69) is 30.5 Å². The molecule has 2 amide bonds. The summed E-state index contributed by atoms with van der Waals surface area (Å²) < 4.78 is 6.28. The zero-order valence-electron chi connectivity index (χ0n) is 16.3. The summed E-state index contributed by atoms with van der Waals surface area (Å²) >= 11 is 2.90. The Hall–Kier alpha value is -2.76. The summed E-state index contributed by atoms with van der Waals surface area (Å²) in [6, 6.07) is 6.97. The molecule has 1 aliphatic rings. The van der Waals surface area contributed by atoms with Crippen molar-refractivity contribution < 1.29 is 14.3 Å². The third kappa shape index (κ3) is 5.04. The Labute approximate surface area is 181 Å². The first kappa shape index (κ1) is 20.5. The SMILES string of the molecule is CC(=O)Nc1ccc(NC(=O)CSc2ncnc3nc(N4CCOCC4)sc23)cc1. The van der Waals surface area contributed by atoms with Gasteiger partial charge in [0.05, 0.1) is 19.0 Å². The predicted octanol–water partition coefficient (Wildman–Crippen LogP) is 2.61. The molecule has 0 spiro atoms. The molecule has 2 aromatic heterocycles. The largest absolute Gasteiger partial charge is 0.378 e. The summed E-state index contributed by atoms with van der Waals surface area (Å²) in [4.78, 5) is 38.8. The molecule has 2 N–H and O–H groups in total. The van der Waals surface area contributed by atoms with Crippen molar-refractivity contribution in [2.24, 2.45) is 0 Å². The summed E-state index contributed by atoms with van der Waals surface area (Å²) in [5.74, 6) is -0.0687. The van der Waals surface area contributed by atoms with Gasteiger partial charge in [0.15, 0.2) is 10.8 Å². The van der Waals surface area contributed by atoms with E-state index in [1.165, 1.54) is 36.3 Å². The van der Waals surface area contributed by atoms with Gasteiger partial charge >= 0.3 is 0 Å². The minimum Gasteiger partial charge on any atom is -0.378 e. The molecule has 156 valence electrons. The number of thiazole rings is 1. The van der Waals surface area contributed by atoms with Gasteiger partial charge in [-0.3, -0.25) is 9.59 Å². The number of nitrogens with zero attached hydrogens (tertiary/aromatic N) is 4. The number of thioether (sulfide) groups is 1. The van der Waals surface area contributed by atoms with Crippen molar-refractivity contribution in [3.63, 3.8) is 0 Å². The second-order valence-electron chi connectivity index (χ2n) is 6.52. The zero-order chi connectivity index (χ0) is 20.9. The summed E-state index contributed by atoms with van der Waals surface area (Å²) in [6.07, 6.45) is 1.48. The van der Waals surface area contributed by atoms with E-state index in [0.29, 0.717) is 30.2 Å². The molecule has 3 aromatic rings. The van der Waals surface area contributed by atoms with Crippen molar-refractivity contribution in [3.05, 3.63) is 30.6 Å². The van der Waals surface area contributed by atoms with E-state index in [1.54, 1.807) is 24.3 Å². The number of hydrogen-bond donors (Lipinski definition) is 2. The molecule has 1 aliphatic heterocycles. The quantitative estimate of drug-likeness (QED) is 0.441. The number of nitrogens with one attached hydrogen (secondary N) is 2. The number of fused-ring (bicyclic) bond motifs is 1. The van der Waals surface area contributed by atoms with E-state index in [4.69, 9.17) is 4.74 Å². The smallest absolute Gasteiger partial charge is 0.234 e. The maximum absolute atomic E-state index is 12.4. The van der Waals surface area contributed by atoms with Gasteiger partial charge in [0.1, 0.15) is 16.1 Å². The van der Waals surface area contributed by atoms with Gasteiger partial charge in [-0.05, 0) is 24.3 Å². The van der Waals surface area contributed by atoms with Crippen LogP contribution in [0.15, 0.2) is 35.6 Å². The molecule has 0 aliphatic carbocycles. The Balaban J connectivity index is 1.38. The lowest BCUT2D eigenvalue weighted by Gasteiger charge is -2.25. The Kier molecular flexibility index (Phi) is 6.41. The topological polar surface area (TPSA) is 109 Å². The molecular weight excluding hydrogens is 424 g/mol. The molecule has 30 heavy (non-hydrogen) atoms. The van der Waals surface area contributed by atoms with Gasteiger partial charge in [-0.15, -0.1) is 0 Å². The van der Waals surface area contributed by atoms with E-state index >= 15 is 0 Å². The first-order chi connectivity index (χ1) is 14.6. The van der Waals surface area contributed by atoms with Crippen LogP contribution in [-0.2, 0) is 14.3 Å². The van der Waals surface area contributed by atoms with Crippen molar-refractivity contribution in [2.75, 3.05) is 47.6 Å². The number of amides is 2. The molecule has 1 saturated heterocycles. The molecule has 11 heteroatoms. The van der Waals surface area contributed by atoms with Gasteiger partial charge in [-0.1, -0.05) is 23.1 Å². The van der Waals surface area contributed by atoms with Crippen LogP contribution in [0.1, 0.15) is 6.92 Å². The molecule has 0 bridgehead atoms. The van der Waals surface area contributed by atoms with Crippen LogP contribution in [0, 0.1) is 0 Å². The number of anilines is 3. The van der Waals surface area contributed by atoms with Crippen molar-refractivity contribution in [1.29, 1.82) is 0 Å². The highest BCUT2D eigenvalue weighted by molar-refractivity contribution is 8.00. The number of rotatable bonds is 6. The number of ether oxygens (including phenoxy) is 1. The lowest BCUT2D eigenvalue weighted by molar-refractivity contribution is -0.114. The van der Waals surface area contributed by atoms with E-state index in [9.17, 15) is 9.59 Å². The fourth-order valence-corrected chi connectivity index (χ4v) is 4.83. The van der Waals surface area contributed by atoms with E-state index < -0.39 is 0 Å². The molecule has 0 unspecified atom stereocenters. The van der Waals surface area contributed by atoms with E-state index in [0.717, 1.165) is 27.9 Å². The summed E-state index contributed by atoms with van der Waals surface area (Å²) in [6.45, 7) is 4.44. The summed E-state index contributed by atoms with van der Waals surface area (Å²) in [5.41, 5.74) is 1.99. The van der Waals surface area contributed by atoms with Gasteiger partial charge in [0.2, 0.25) is 11.8 Å². The third-order valence-electron chi connectivity index (χ3n) is 4.26. The second-order valence-corrected chi connectivity index (χ2v) is 8.46. The van der Waals surface area contributed by atoms with Gasteiger partial charge < -0.3 is 20.3 Å². The maximum Gasteiger partial charge on any atom is 0.234 e. The molecule has 1 fully saturated rings. The van der Waals surface area contributed by atoms with Crippen molar-refractivity contribution in [1.82, 2.24) is 15.0 Å². The van der Waals surface area contributed by atoms with Crippen molar-refractivity contribution in [3.8, 4) is 0 Å². The highest BCUT2D eigenvalue weighted by Gasteiger charge is 2.18. The monoisotopic (exact) mass is 444 g/mol. The normalized spacial score (nSPS) is 14.0. The van der Waals surface area contributed by atoms with E-state index in [1.807, 2.05) is 0 Å². The van der Waals surface area contributed by atoms with Gasteiger partial charge in [0, 0.05) is 31.4 Å². The highest BCUT2D eigenvalue weighted by Crippen LogP contribution is 2.34. The van der Waals surface area contributed by atoms with Gasteiger partial charge in [-0.25, -0.2) is 9.97 Å². The van der Waals surface area contributed by atoms with E-state index in [-0.39, 0.29) is 17.6 Å². The maximum atomic E-state index is 12.4. The Morgan fingerprint density at radius 2 is 1.83 bits per heavy atom. The first-order valence-electron chi connectivity index (χ1n) is 9.33. The second kappa shape index (κ2) is 9.37. The predicted molar refractivity (Wildman–Crippen MR) is 118 cm³/mol. The number of morpholine rings is 1. The van der Waals surface area contributed by atoms with Gasteiger partial charge in [0.25, 0.3) is 0 Å². The number of carbonyl (C=O) groups is 2. The first-order valence-corrected chi connectivity index (χ1v) is 11.1. The van der Waals surface area contributed by atoms with Crippen molar-refractivity contribution in [2.45, 2.75) is 11.9 Å². The third-order valence-corrected chi connectivity index (χ3v) is 6.49.